The Morgan fingerprint density at radius 2 is 2.12 bits per heavy atom. The largest absolute Gasteiger partial charge is 0.493 e. The first-order valence-electron chi connectivity index (χ1n) is 8.87. The maximum atomic E-state index is 12.6. The van der Waals surface area contributed by atoms with E-state index in [1.807, 2.05) is 24.0 Å². The highest BCUT2D eigenvalue weighted by Crippen LogP contribution is 2.29. The highest BCUT2D eigenvalue weighted by molar-refractivity contribution is 5.95. The van der Waals surface area contributed by atoms with Crippen molar-refractivity contribution in [2.75, 3.05) is 33.4 Å². The van der Waals surface area contributed by atoms with E-state index in [1.165, 1.54) is 19.3 Å². The molecule has 0 radical (unpaired) electrons. The zero-order valence-corrected chi connectivity index (χ0v) is 15.0. The average molecular weight is 335 g/mol. The van der Waals surface area contributed by atoms with Crippen molar-refractivity contribution >= 4 is 5.91 Å². The fourth-order valence-corrected chi connectivity index (χ4v) is 2.82. The van der Waals surface area contributed by atoms with Gasteiger partial charge in [0.2, 0.25) is 0 Å². The predicted octanol–water partition coefficient (Wildman–Crippen LogP) is 3.52. The van der Waals surface area contributed by atoms with Crippen LogP contribution in [0.25, 0.3) is 0 Å². The number of nitrogens with zero attached hydrogens (tertiary/aromatic N) is 1. The highest BCUT2D eigenvalue weighted by atomic mass is 16.5. The number of carbonyl (C=O) groups is 1. The van der Waals surface area contributed by atoms with Crippen LogP contribution in [0.3, 0.4) is 0 Å². The number of carbonyl (C=O) groups excluding carboxylic acids is 1. The Hall–Kier alpha value is -1.75. The number of amides is 1. The molecule has 1 unspecified atom stereocenters. The Kier molecular flexibility index (Phi) is 7.37. The molecule has 1 amide bonds. The lowest BCUT2D eigenvalue weighted by Gasteiger charge is -2.31. The van der Waals surface area contributed by atoms with E-state index < -0.39 is 0 Å². The summed E-state index contributed by atoms with van der Waals surface area (Å²) in [6.45, 7) is 6.68. The quantitative estimate of drug-likeness (QED) is 0.682. The smallest absolute Gasteiger partial charge is 0.254 e. The van der Waals surface area contributed by atoms with E-state index in [0.29, 0.717) is 43.4 Å². The molecule has 0 bridgehead atoms. The molecule has 0 N–H and O–H groups in total. The van der Waals surface area contributed by atoms with Crippen LogP contribution in [0.15, 0.2) is 18.2 Å². The molecule has 1 fully saturated rings. The predicted molar refractivity (Wildman–Crippen MR) is 93.9 cm³/mol. The molecule has 2 rings (SSSR count). The van der Waals surface area contributed by atoms with Gasteiger partial charge in [-0.15, -0.1) is 0 Å². The minimum absolute atomic E-state index is 0.0120. The number of ether oxygens (including phenoxy) is 3. The van der Waals surface area contributed by atoms with Gasteiger partial charge in [0.15, 0.2) is 11.5 Å². The Labute approximate surface area is 144 Å². The van der Waals surface area contributed by atoms with Gasteiger partial charge in [-0.1, -0.05) is 26.2 Å². The summed E-state index contributed by atoms with van der Waals surface area (Å²) in [5, 5.41) is 0. The Bertz CT molecular complexity index is 532. The Morgan fingerprint density at radius 1 is 1.29 bits per heavy atom. The van der Waals surface area contributed by atoms with E-state index in [-0.39, 0.29) is 12.0 Å². The lowest BCUT2D eigenvalue weighted by molar-refractivity contribution is -0.0124. The fraction of sp³-hybridized carbons (Fsp3) is 0.632. The van der Waals surface area contributed by atoms with E-state index in [1.54, 1.807) is 13.2 Å². The molecule has 1 saturated heterocycles. The van der Waals surface area contributed by atoms with Crippen LogP contribution in [0.4, 0.5) is 0 Å². The van der Waals surface area contributed by atoms with Crippen molar-refractivity contribution in [3.05, 3.63) is 23.8 Å². The topological polar surface area (TPSA) is 48.0 Å². The van der Waals surface area contributed by atoms with Crippen molar-refractivity contribution in [2.45, 2.75) is 45.6 Å². The number of hydrogen-bond acceptors (Lipinski definition) is 4. The van der Waals surface area contributed by atoms with Crippen molar-refractivity contribution in [3.63, 3.8) is 0 Å². The molecule has 0 spiro atoms. The molecule has 1 aliphatic heterocycles. The van der Waals surface area contributed by atoms with Gasteiger partial charge in [-0.3, -0.25) is 4.79 Å². The van der Waals surface area contributed by atoms with Crippen LogP contribution < -0.4 is 9.47 Å². The normalized spacial score (nSPS) is 17.6. The number of unbranched alkanes of at least 4 members (excludes halogenated alkanes) is 3. The molecule has 134 valence electrons. The number of benzene rings is 1. The minimum atomic E-state index is 0.0120. The van der Waals surface area contributed by atoms with E-state index in [0.717, 1.165) is 6.42 Å². The number of methoxy groups -OCH3 is 1. The first-order valence-corrected chi connectivity index (χ1v) is 8.87. The molecule has 5 heteroatoms. The van der Waals surface area contributed by atoms with Gasteiger partial charge in [0, 0.05) is 18.7 Å². The van der Waals surface area contributed by atoms with Crippen molar-refractivity contribution < 1.29 is 19.0 Å². The van der Waals surface area contributed by atoms with Gasteiger partial charge in [0.25, 0.3) is 5.91 Å². The average Bonchev–Trinajstić information content (AvgIpc) is 2.61. The molecule has 1 atom stereocenters. The Morgan fingerprint density at radius 3 is 2.83 bits per heavy atom. The van der Waals surface area contributed by atoms with Crippen LogP contribution >= 0.6 is 0 Å². The molecular weight excluding hydrogens is 306 g/mol. The van der Waals surface area contributed by atoms with Gasteiger partial charge in [0.1, 0.15) is 0 Å². The standard InChI is InChI=1S/C19H29NO4/c1-4-5-6-7-11-24-17-9-8-16(13-18(17)22-3)19(21)20-10-12-23-15(2)14-20/h8-9,13,15H,4-7,10-12,14H2,1-3H3. The van der Waals surface area contributed by atoms with E-state index >= 15 is 0 Å². The maximum Gasteiger partial charge on any atom is 0.254 e. The van der Waals surface area contributed by atoms with Crippen LogP contribution in [0.1, 0.15) is 49.9 Å². The lowest BCUT2D eigenvalue weighted by Crippen LogP contribution is -2.44. The van der Waals surface area contributed by atoms with Crippen LogP contribution in [-0.2, 0) is 4.74 Å². The molecule has 1 aromatic carbocycles. The second kappa shape index (κ2) is 9.52. The summed E-state index contributed by atoms with van der Waals surface area (Å²) < 4.78 is 16.7. The number of morpholine rings is 1. The van der Waals surface area contributed by atoms with Gasteiger partial charge >= 0.3 is 0 Å². The molecular formula is C19H29NO4. The first-order chi connectivity index (χ1) is 11.7. The van der Waals surface area contributed by atoms with Crippen molar-refractivity contribution in [1.82, 2.24) is 4.90 Å². The summed E-state index contributed by atoms with van der Waals surface area (Å²) in [6.07, 6.45) is 4.72. The second-order valence-electron chi connectivity index (χ2n) is 6.21. The molecule has 0 aliphatic carbocycles. The molecule has 1 aromatic rings. The van der Waals surface area contributed by atoms with E-state index in [9.17, 15) is 4.79 Å². The van der Waals surface area contributed by atoms with E-state index in [4.69, 9.17) is 14.2 Å². The zero-order chi connectivity index (χ0) is 17.4. The van der Waals surface area contributed by atoms with Crippen LogP contribution in [-0.4, -0.2) is 50.3 Å². The highest BCUT2D eigenvalue weighted by Gasteiger charge is 2.23. The Balaban J connectivity index is 1.98. The monoisotopic (exact) mass is 335 g/mol. The van der Waals surface area contributed by atoms with Crippen molar-refractivity contribution in [3.8, 4) is 11.5 Å². The molecule has 1 aliphatic rings. The number of rotatable bonds is 8. The molecule has 0 saturated carbocycles. The van der Waals surface area contributed by atoms with Gasteiger partial charge in [-0.25, -0.2) is 0 Å². The zero-order valence-electron chi connectivity index (χ0n) is 15.0. The maximum absolute atomic E-state index is 12.6. The SMILES string of the molecule is CCCCCCOc1ccc(C(=O)N2CCOC(C)C2)cc1OC. The lowest BCUT2D eigenvalue weighted by atomic mass is 10.1. The van der Waals surface area contributed by atoms with Gasteiger partial charge in [-0.2, -0.15) is 0 Å². The minimum Gasteiger partial charge on any atom is -0.493 e. The third kappa shape index (κ3) is 5.13. The summed E-state index contributed by atoms with van der Waals surface area (Å²) in [7, 11) is 1.60. The first kappa shape index (κ1) is 18.6. The van der Waals surface area contributed by atoms with Gasteiger partial charge in [0.05, 0.1) is 26.4 Å². The third-order valence-electron chi connectivity index (χ3n) is 4.19. The van der Waals surface area contributed by atoms with Gasteiger partial charge in [-0.05, 0) is 31.5 Å². The fourth-order valence-electron chi connectivity index (χ4n) is 2.82. The second-order valence-corrected chi connectivity index (χ2v) is 6.21. The summed E-state index contributed by atoms with van der Waals surface area (Å²) in [6, 6.07) is 5.41. The van der Waals surface area contributed by atoms with Crippen molar-refractivity contribution in [2.24, 2.45) is 0 Å². The van der Waals surface area contributed by atoms with Crippen LogP contribution in [0.2, 0.25) is 0 Å². The molecule has 5 nitrogen and oxygen atoms in total. The van der Waals surface area contributed by atoms with Crippen molar-refractivity contribution in [1.29, 1.82) is 0 Å². The summed E-state index contributed by atoms with van der Waals surface area (Å²) >= 11 is 0. The van der Waals surface area contributed by atoms with Crippen LogP contribution in [0, 0.1) is 0 Å². The molecule has 24 heavy (non-hydrogen) atoms. The summed E-state index contributed by atoms with van der Waals surface area (Å²) in [4.78, 5) is 14.5. The summed E-state index contributed by atoms with van der Waals surface area (Å²) in [5.74, 6) is 1.32. The molecule has 1 heterocycles. The third-order valence-corrected chi connectivity index (χ3v) is 4.19. The number of hydrogen-bond donors (Lipinski definition) is 0. The summed E-state index contributed by atoms with van der Waals surface area (Å²) in [5.41, 5.74) is 0.624. The van der Waals surface area contributed by atoms with Crippen LogP contribution in [0.5, 0.6) is 11.5 Å². The van der Waals surface area contributed by atoms with E-state index in [2.05, 4.69) is 6.92 Å². The van der Waals surface area contributed by atoms with Gasteiger partial charge < -0.3 is 19.1 Å². The molecule has 0 aromatic heterocycles.